The van der Waals surface area contributed by atoms with Crippen LogP contribution in [0, 0.1) is 0 Å². The maximum Gasteiger partial charge on any atom is 0.320 e. The van der Waals surface area contributed by atoms with Gasteiger partial charge in [-0.15, -0.1) is 0 Å². The molecule has 3 N–H and O–H groups in total. The largest absolute Gasteiger partial charge is 0.480 e. The Balaban J connectivity index is 2.17. The smallest absolute Gasteiger partial charge is 0.320 e. The van der Waals surface area contributed by atoms with Gasteiger partial charge in [0, 0.05) is 5.02 Å². The fourth-order valence-electron chi connectivity index (χ4n) is 1.32. The second-order valence-corrected chi connectivity index (χ2v) is 5.32. The Labute approximate surface area is 110 Å². The number of nitrogens with two attached hydrogens (primary N) is 1. The van der Waals surface area contributed by atoms with Crippen LogP contribution < -0.4 is 5.73 Å². The predicted molar refractivity (Wildman–Crippen MR) is 72.7 cm³/mol. The molecule has 0 amide bonds. The average molecular weight is 274 g/mol. The zero-order valence-electron chi connectivity index (χ0n) is 9.43. The second-order valence-electron chi connectivity index (χ2n) is 3.69. The molecule has 0 saturated heterocycles. The number of benzene rings is 1. The molecule has 0 radical (unpaired) electrons. The van der Waals surface area contributed by atoms with Crippen molar-refractivity contribution in [2.45, 2.75) is 18.9 Å². The summed E-state index contributed by atoms with van der Waals surface area (Å²) in [5.41, 5.74) is 6.53. The lowest BCUT2D eigenvalue weighted by Gasteiger charge is -2.06. The van der Waals surface area contributed by atoms with E-state index in [2.05, 4.69) is 0 Å². The predicted octanol–water partition coefficient (Wildman–Crippen LogP) is 2.42. The van der Waals surface area contributed by atoms with Crippen LogP contribution in [0.4, 0.5) is 0 Å². The number of hydrogen-bond acceptors (Lipinski definition) is 3. The highest BCUT2D eigenvalue weighted by atomic mass is 35.5. The molecule has 0 aliphatic heterocycles. The maximum atomic E-state index is 10.5. The molecule has 1 aromatic rings. The highest BCUT2D eigenvalue weighted by Gasteiger charge is 2.10. The molecule has 0 aromatic heterocycles. The molecule has 0 aliphatic carbocycles. The first-order valence-corrected chi connectivity index (χ1v) is 6.94. The van der Waals surface area contributed by atoms with Gasteiger partial charge in [-0.3, -0.25) is 4.79 Å². The number of aliphatic carboxylic acids is 1. The van der Waals surface area contributed by atoms with Gasteiger partial charge in [0.15, 0.2) is 0 Å². The van der Waals surface area contributed by atoms with Crippen LogP contribution in [0.2, 0.25) is 5.02 Å². The third-order valence-corrected chi connectivity index (χ3v) is 3.75. The first-order valence-electron chi connectivity index (χ1n) is 5.41. The second kappa shape index (κ2) is 7.58. The van der Waals surface area contributed by atoms with Crippen molar-refractivity contribution >= 4 is 29.3 Å². The van der Waals surface area contributed by atoms with Gasteiger partial charge in [0.1, 0.15) is 6.04 Å². The molecule has 94 valence electrons. The van der Waals surface area contributed by atoms with Gasteiger partial charge in [-0.2, -0.15) is 11.8 Å². The van der Waals surface area contributed by atoms with Crippen molar-refractivity contribution in [3.05, 3.63) is 34.9 Å². The number of carbonyl (C=O) groups is 1. The van der Waals surface area contributed by atoms with Crippen LogP contribution in [-0.2, 0) is 11.2 Å². The molecule has 0 saturated carbocycles. The Morgan fingerprint density at radius 2 is 2.12 bits per heavy atom. The van der Waals surface area contributed by atoms with Crippen LogP contribution in [0.1, 0.15) is 12.0 Å². The van der Waals surface area contributed by atoms with Crippen molar-refractivity contribution in [3.8, 4) is 0 Å². The summed E-state index contributed by atoms with van der Waals surface area (Å²) in [5, 5.41) is 9.39. The van der Waals surface area contributed by atoms with Gasteiger partial charge in [0.25, 0.3) is 0 Å². The number of aryl methyl sites for hydroxylation is 1. The fourth-order valence-corrected chi connectivity index (χ4v) is 2.54. The quantitative estimate of drug-likeness (QED) is 0.749. The first kappa shape index (κ1) is 14.4. The van der Waals surface area contributed by atoms with Gasteiger partial charge in [-0.05, 0) is 36.0 Å². The lowest BCUT2D eigenvalue weighted by Crippen LogP contribution is -2.30. The Morgan fingerprint density at radius 3 is 2.76 bits per heavy atom. The number of halogens is 1. The fraction of sp³-hybridized carbons (Fsp3) is 0.417. The molecule has 1 rings (SSSR count). The van der Waals surface area contributed by atoms with Crippen molar-refractivity contribution in [1.29, 1.82) is 0 Å². The number of hydrogen-bond donors (Lipinski definition) is 2. The van der Waals surface area contributed by atoms with Crippen molar-refractivity contribution in [1.82, 2.24) is 0 Å². The molecular formula is C12H16ClNO2S. The van der Waals surface area contributed by atoms with Crippen molar-refractivity contribution < 1.29 is 9.90 Å². The van der Waals surface area contributed by atoms with Crippen molar-refractivity contribution in [2.24, 2.45) is 5.73 Å². The van der Waals surface area contributed by atoms with Gasteiger partial charge in [-0.25, -0.2) is 0 Å². The van der Waals surface area contributed by atoms with Crippen LogP contribution in [0.3, 0.4) is 0 Å². The van der Waals surface area contributed by atoms with E-state index < -0.39 is 12.0 Å². The monoisotopic (exact) mass is 273 g/mol. The zero-order chi connectivity index (χ0) is 12.7. The van der Waals surface area contributed by atoms with Crippen LogP contribution in [-0.4, -0.2) is 28.6 Å². The molecule has 3 nitrogen and oxygen atoms in total. The molecule has 1 unspecified atom stereocenters. The van der Waals surface area contributed by atoms with E-state index in [4.69, 9.17) is 22.4 Å². The SMILES string of the molecule is NC(CCSCCc1ccccc1Cl)C(=O)O. The Bertz CT molecular complexity index is 373. The first-order chi connectivity index (χ1) is 8.11. The van der Waals surface area contributed by atoms with Crippen molar-refractivity contribution in [2.75, 3.05) is 11.5 Å². The summed E-state index contributed by atoms with van der Waals surface area (Å²) >= 11 is 7.72. The summed E-state index contributed by atoms with van der Waals surface area (Å²) in [6, 6.07) is 7.01. The summed E-state index contributed by atoms with van der Waals surface area (Å²) in [7, 11) is 0. The third kappa shape index (κ3) is 5.44. The lowest BCUT2D eigenvalue weighted by atomic mass is 10.2. The van der Waals surface area contributed by atoms with Gasteiger partial charge >= 0.3 is 5.97 Å². The van der Waals surface area contributed by atoms with E-state index in [-0.39, 0.29) is 0 Å². The molecule has 1 atom stereocenters. The van der Waals surface area contributed by atoms with E-state index in [1.165, 1.54) is 0 Å². The molecule has 0 aliphatic rings. The maximum absolute atomic E-state index is 10.5. The zero-order valence-corrected chi connectivity index (χ0v) is 11.0. The lowest BCUT2D eigenvalue weighted by molar-refractivity contribution is -0.138. The van der Waals surface area contributed by atoms with E-state index in [0.29, 0.717) is 6.42 Å². The highest BCUT2D eigenvalue weighted by molar-refractivity contribution is 7.99. The van der Waals surface area contributed by atoms with Gasteiger partial charge in [0.2, 0.25) is 0 Å². The van der Waals surface area contributed by atoms with Gasteiger partial charge in [0.05, 0.1) is 0 Å². The highest BCUT2D eigenvalue weighted by Crippen LogP contribution is 2.17. The molecule has 17 heavy (non-hydrogen) atoms. The summed E-state index contributed by atoms with van der Waals surface area (Å²) in [5.74, 6) is 0.755. The summed E-state index contributed by atoms with van der Waals surface area (Å²) in [6.07, 6.45) is 1.40. The standard InChI is InChI=1S/C12H16ClNO2S/c13-10-4-2-1-3-9(10)5-7-17-8-6-11(14)12(15)16/h1-4,11H,5-8,14H2,(H,15,16). The van der Waals surface area contributed by atoms with Crippen LogP contribution in [0.15, 0.2) is 24.3 Å². The van der Waals surface area contributed by atoms with Crippen LogP contribution in [0.25, 0.3) is 0 Å². The van der Waals surface area contributed by atoms with E-state index in [1.807, 2.05) is 24.3 Å². The number of thioether (sulfide) groups is 1. The Morgan fingerprint density at radius 1 is 1.41 bits per heavy atom. The molecule has 0 heterocycles. The molecule has 1 aromatic carbocycles. The molecule has 5 heteroatoms. The van der Waals surface area contributed by atoms with Gasteiger partial charge in [-0.1, -0.05) is 29.8 Å². The van der Waals surface area contributed by atoms with E-state index in [0.717, 1.165) is 28.5 Å². The van der Waals surface area contributed by atoms with Crippen molar-refractivity contribution in [3.63, 3.8) is 0 Å². The Kier molecular flexibility index (Phi) is 6.40. The Hall–Kier alpha value is -0.710. The molecule has 0 spiro atoms. The summed E-state index contributed by atoms with van der Waals surface area (Å²) in [6.45, 7) is 0. The number of rotatable bonds is 7. The van der Waals surface area contributed by atoms with Crippen LogP contribution in [0.5, 0.6) is 0 Å². The minimum absolute atomic E-state index is 0.503. The van der Waals surface area contributed by atoms with E-state index in [9.17, 15) is 4.79 Å². The minimum Gasteiger partial charge on any atom is -0.480 e. The average Bonchev–Trinajstić information content (AvgIpc) is 2.30. The molecule has 0 bridgehead atoms. The third-order valence-electron chi connectivity index (χ3n) is 2.36. The molecule has 0 fully saturated rings. The number of carboxylic acids is 1. The summed E-state index contributed by atoms with van der Waals surface area (Å²) in [4.78, 5) is 10.5. The summed E-state index contributed by atoms with van der Waals surface area (Å²) < 4.78 is 0. The van der Waals surface area contributed by atoms with E-state index in [1.54, 1.807) is 11.8 Å². The molecular weight excluding hydrogens is 258 g/mol. The van der Waals surface area contributed by atoms with Crippen LogP contribution >= 0.6 is 23.4 Å². The van der Waals surface area contributed by atoms with E-state index >= 15 is 0 Å². The topological polar surface area (TPSA) is 63.3 Å². The normalized spacial score (nSPS) is 12.4. The van der Waals surface area contributed by atoms with Gasteiger partial charge < -0.3 is 10.8 Å². The number of carboxylic acid groups (broad SMARTS) is 1. The minimum atomic E-state index is -0.934.